The summed E-state index contributed by atoms with van der Waals surface area (Å²) in [5.41, 5.74) is 1.14. The Kier molecular flexibility index (Phi) is 4.87. The second-order valence-corrected chi connectivity index (χ2v) is 4.86. The second kappa shape index (κ2) is 6.63. The minimum Gasteiger partial charge on any atom is -0.313 e. The summed E-state index contributed by atoms with van der Waals surface area (Å²) in [6.07, 6.45) is 1.60. The summed E-state index contributed by atoms with van der Waals surface area (Å²) in [6, 6.07) is 8.18. The molecule has 0 bridgehead atoms. The fraction of sp³-hybridized carbons (Fsp3) is 0.462. The topological polar surface area (TPSA) is 55.6 Å². The first kappa shape index (κ1) is 14.0. The molecule has 1 heterocycles. The van der Waals surface area contributed by atoms with Crippen LogP contribution in [0.25, 0.3) is 0 Å². The van der Waals surface area contributed by atoms with Gasteiger partial charge in [0.1, 0.15) is 0 Å². The smallest absolute Gasteiger partial charge is 0.176 e. The highest BCUT2D eigenvalue weighted by Crippen LogP contribution is 2.17. The first-order valence-corrected chi connectivity index (χ1v) is 6.76. The Morgan fingerprint density at radius 1 is 1.32 bits per heavy atom. The summed E-state index contributed by atoms with van der Waals surface area (Å²) in [5, 5.41) is 16.3. The number of tetrazole rings is 1. The maximum absolute atomic E-state index is 6.20. The summed E-state index contributed by atoms with van der Waals surface area (Å²) >= 11 is 6.20. The zero-order valence-electron chi connectivity index (χ0n) is 11.2. The van der Waals surface area contributed by atoms with Crippen molar-refractivity contribution >= 4 is 11.6 Å². The van der Waals surface area contributed by atoms with Gasteiger partial charge in [0.2, 0.25) is 0 Å². The largest absolute Gasteiger partial charge is 0.313 e. The molecule has 0 spiro atoms. The van der Waals surface area contributed by atoms with Crippen LogP contribution < -0.4 is 5.32 Å². The van der Waals surface area contributed by atoms with Crippen LogP contribution in [0.4, 0.5) is 0 Å². The number of nitrogens with zero attached hydrogens (tertiary/aromatic N) is 4. The molecule has 102 valence electrons. The molecule has 1 aromatic heterocycles. The quantitative estimate of drug-likeness (QED) is 0.873. The zero-order valence-corrected chi connectivity index (χ0v) is 11.9. The Morgan fingerprint density at radius 3 is 2.74 bits per heavy atom. The number of hydrogen-bond acceptors (Lipinski definition) is 4. The van der Waals surface area contributed by atoms with Gasteiger partial charge in [0, 0.05) is 17.5 Å². The van der Waals surface area contributed by atoms with Gasteiger partial charge in [-0.2, -0.15) is 4.80 Å². The standard InChI is InChI=1S/C13H18ClN5/c1-3-15-11(9-13-16-18-19(2)17-13)8-10-6-4-5-7-12(10)14/h4-7,11,15H,3,8-9H2,1-2H3. The van der Waals surface area contributed by atoms with Crippen LogP contribution in [-0.4, -0.2) is 32.8 Å². The molecule has 2 aromatic rings. The molecule has 1 N–H and O–H groups in total. The molecule has 0 amide bonds. The van der Waals surface area contributed by atoms with E-state index in [-0.39, 0.29) is 6.04 Å². The SMILES string of the molecule is CCNC(Cc1nnn(C)n1)Cc1ccccc1Cl. The monoisotopic (exact) mass is 279 g/mol. The Hall–Kier alpha value is -1.46. The molecular weight excluding hydrogens is 262 g/mol. The van der Waals surface area contributed by atoms with E-state index in [1.165, 1.54) is 4.80 Å². The fourth-order valence-corrected chi connectivity index (χ4v) is 2.27. The fourth-order valence-electron chi connectivity index (χ4n) is 2.06. The summed E-state index contributed by atoms with van der Waals surface area (Å²) < 4.78 is 0. The summed E-state index contributed by atoms with van der Waals surface area (Å²) in [4.78, 5) is 1.48. The molecular formula is C13H18ClN5. The molecule has 0 fully saturated rings. The van der Waals surface area contributed by atoms with E-state index < -0.39 is 0 Å². The van der Waals surface area contributed by atoms with Gasteiger partial charge in [0.15, 0.2) is 5.82 Å². The first-order valence-electron chi connectivity index (χ1n) is 6.38. The molecule has 0 radical (unpaired) electrons. The van der Waals surface area contributed by atoms with Crippen LogP contribution in [-0.2, 0) is 19.9 Å². The van der Waals surface area contributed by atoms with E-state index in [4.69, 9.17) is 11.6 Å². The Balaban J connectivity index is 2.06. The second-order valence-electron chi connectivity index (χ2n) is 4.45. The molecule has 0 saturated carbocycles. The molecule has 0 aliphatic carbocycles. The molecule has 0 aliphatic rings. The van der Waals surface area contributed by atoms with E-state index in [9.17, 15) is 0 Å². The number of rotatable bonds is 6. The number of hydrogen-bond donors (Lipinski definition) is 1. The molecule has 0 saturated heterocycles. The molecule has 2 rings (SSSR count). The third-order valence-electron chi connectivity index (χ3n) is 2.90. The molecule has 1 aromatic carbocycles. The highest BCUT2D eigenvalue weighted by molar-refractivity contribution is 6.31. The highest BCUT2D eigenvalue weighted by Gasteiger charge is 2.14. The maximum atomic E-state index is 6.20. The third-order valence-corrected chi connectivity index (χ3v) is 3.26. The van der Waals surface area contributed by atoms with Crippen molar-refractivity contribution in [3.8, 4) is 0 Å². The Labute approximate surface area is 118 Å². The maximum Gasteiger partial charge on any atom is 0.176 e. The average Bonchev–Trinajstić information content (AvgIpc) is 2.78. The van der Waals surface area contributed by atoms with Crippen LogP contribution in [0, 0.1) is 0 Å². The normalized spacial score (nSPS) is 12.6. The number of aryl methyl sites for hydroxylation is 1. The van der Waals surface area contributed by atoms with Crippen LogP contribution in [0.5, 0.6) is 0 Å². The van der Waals surface area contributed by atoms with Crippen molar-refractivity contribution < 1.29 is 0 Å². The van der Waals surface area contributed by atoms with Crippen LogP contribution in [0.1, 0.15) is 18.3 Å². The predicted molar refractivity (Wildman–Crippen MR) is 75.1 cm³/mol. The lowest BCUT2D eigenvalue weighted by atomic mass is 10.0. The minimum atomic E-state index is 0.258. The van der Waals surface area contributed by atoms with Crippen LogP contribution in [0.3, 0.4) is 0 Å². The number of benzene rings is 1. The zero-order chi connectivity index (χ0) is 13.7. The van der Waals surface area contributed by atoms with Gasteiger partial charge >= 0.3 is 0 Å². The summed E-state index contributed by atoms with van der Waals surface area (Å²) in [6.45, 7) is 2.99. The third kappa shape index (κ3) is 4.01. The van der Waals surface area contributed by atoms with Crippen LogP contribution in [0.2, 0.25) is 5.02 Å². The van der Waals surface area contributed by atoms with E-state index in [1.54, 1.807) is 7.05 Å². The average molecular weight is 280 g/mol. The number of likely N-dealkylation sites (N-methyl/N-ethyl adjacent to an activating group) is 1. The first-order chi connectivity index (χ1) is 9.19. The van der Waals surface area contributed by atoms with E-state index in [2.05, 4.69) is 33.7 Å². The van der Waals surface area contributed by atoms with Crippen molar-refractivity contribution in [2.75, 3.05) is 6.54 Å². The lowest BCUT2D eigenvalue weighted by molar-refractivity contribution is 0.509. The van der Waals surface area contributed by atoms with Gasteiger partial charge in [-0.05, 0) is 29.8 Å². The van der Waals surface area contributed by atoms with Gasteiger partial charge < -0.3 is 5.32 Å². The lowest BCUT2D eigenvalue weighted by Crippen LogP contribution is -2.33. The van der Waals surface area contributed by atoms with Crippen molar-refractivity contribution in [1.29, 1.82) is 0 Å². The van der Waals surface area contributed by atoms with Gasteiger partial charge in [0.05, 0.1) is 7.05 Å². The van der Waals surface area contributed by atoms with Gasteiger partial charge in [-0.15, -0.1) is 10.2 Å². The van der Waals surface area contributed by atoms with E-state index in [0.29, 0.717) is 0 Å². The van der Waals surface area contributed by atoms with E-state index in [0.717, 1.165) is 35.8 Å². The molecule has 6 heteroatoms. The van der Waals surface area contributed by atoms with Gasteiger partial charge in [-0.1, -0.05) is 36.7 Å². The van der Waals surface area contributed by atoms with Crippen molar-refractivity contribution in [3.63, 3.8) is 0 Å². The molecule has 0 aliphatic heterocycles. The van der Waals surface area contributed by atoms with Crippen molar-refractivity contribution in [3.05, 3.63) is 40.7 Å². The van der Waals surface area contributed by atoms with Crippen LogP contribution >= 0.6 is 11.6 Å². The Morgan fingerprint density at radius 2 is 2.11 bits per heavy atom. The molecule has 19 heavy (non-hydrogen) atoms. The summed E-state index contributed by atoms with van der Waals surface area (Å²) in [7, 11) is 1.77. The number of halogens is 1. The van der Waals surface area contributed by atoms with Crippen molar-refractivity contribution in [2.45, 2.75) is 25.8 Å². The number of aromatic nitrogens is 4. The van der Waals surface area contributed by atoms with Gasteiger partial charge in [0.25, 0.3) is 0 Å². The summed E-state index contributed by atoms with van der Waals surface area (Å²) in [5.74, 6) is 0.750. The van der Waals surface area contributed by atoms with Crippen LogP contribution in [0.15, 0.2) is 24.3 Å². The van der Waals surface area contributed by atoms with Crippen molar-refractivity contribution in [1.82, 2.24) is 25.5 Å². The number of nitrogens with one attached hydrogen (secondary N) is 1. The molecule has 5 nitrogen and oxygen atoms in total. The molecule has 1 unspecified atom stereocenters. The van der Waals surface area contributed by atoms with Gasteiger partial charge in [-0.3, -0.25) is 0 Å². The van der Waals surface area contributed by atoms with E-state index in [1.807, 2.05) is 18.2 Å². The Bertz CT molecular complexity index is 525. The van der Waals surface area contributed by atoms with Gasteiger partial charge in [-0.25, -0.2) is 0 Å². The molecule has 1 atom stereocenters. The van der Waals surface area contributed by atoms with Crippen molar-refractivity contribution in [2.24, 2.45) is 7.05 Å². The minimum absolute atomic E-state index is 0.258. The predicted octanol–water partition coefficient (Wildman–Crippen LogP) is 1.63. The highest BCUT2D eigenvalue weighted by atomic mass is 35.5. The lowest BCUT2D eigenvalue weighted by Gasteiger charge is -2.16. The van der Waals surface area contributed by atoms with E-state index >= 15 is 0 Å².